The van der Waals surface area contributed by atoms with Crippen molar-refractivity contribution in [3.8, 4) is 0 Å². The SMILES string of the molecule is CN(C)NNNNNNNNN(C)C. The Balaban J connectivity index is 2.92. The van der Waals surface area contributed by atoms with Crippen LogP contribution in [-0.4, -0.2) is 38.2 Å². The summed E-state index contributed by atoms with van der Waals surface area (Å²) in [5.74, 6) is 0. The summed E-state index contributed by atoms with van der Waals surface area (Å²) in [4.78, 5) is 0. The summed E-state index contributed by atoms with van der Waals surface area (Å²) in [5.41, 5.74) is 21.1. The predicted octanol–water partition coefficient (Wildman–Crippen LogP) is -3.94. The van der Waals surface area contributed by atoms with Crippen molar-refractivity contribution in [3.63, 3.8) is 0 Å². The molecule has 0 saturated heterocycles. The maximum atomic E-state index is 2.75. The van der Waals surface area contributed by atoms with Gasteiger partial charge >= 0.3 is 0 Å². The van der Waals surface area contributed by atoms with Crippen molar-refractivity contribution in [1.29, 1.82) is 0 Å². The molecule has 0 radical (unpaired) electrons. The smallest absolute Gasteiger partial charge is 0.00267 e. The molecule has 0 aliphatic heterocycles. The van der Waals surface area contributed by atoms with E-state index < -0.39 is 0 Å². The van der Waals surface area contributed by atoms with E-state index in [9.17, 15) is 0 Å². The number of nitrogens with zero attached hydrogens (tertiary/aromatic N) is 2. The highest BCUT2D eigenvalue weighted by Gasteiger charge is 1.85. The Morgan fingerprint density at radius 2 is 0.786 bits per heavy atom. The van der Waals surface area contributed by atoms with E-state index in [1.54, 1.807) is 10.0 Å². The molecule has 0 unspecified atom stereocenters. The fourth-order valence-electron chi connectivity index (χ4n) is 0.405. The molecule has 0 aromatic rings. The van der Waals surface area contributed by atoms with Crippen LogP contribution >= 0.6 is 0 Å². The fraction of sp³-hybridized carbons (Fsp3) is 1.00. The molecule has 10 heteroatoms. The summed E-state index contributed by atoms with van der Waals surface area (Å²) >= 11 is 0. The van der Waals surface area contributed by atoms with Gasteiger partial charge in [-0.05, 0) is 0 Å². The van der Waals surface area contributed by atoms with Crippen LogP contribution in [0.2, 0.25) is 0 Å². The molecule has 8 N–H and O–H groups in total. The van der Waals surface area contributed by atoms with Crippen molar-refractivity contribution < 1.29 is 0 Å². The standard InChI is InChI=1S/C4H20N10/c1-13(2)11-9-7-5-6-8-10-12-14(3)4/h5-12H,1-4H3. The summed E-state index contributed by atoms with van der Waals surface area (Å²) < 4.78 is 0. The third-order valence-corrected chi connectivity index (χ3v) is 0.872. The van der Waals surface area contributed by atoms with E-state index in [0.29, 0.717) is 0 Å². The van der Waals surface area contributed by atoms with Crippen molar-refractivity contribution >= 4 is 0 Å². The molecule has 10 nitrogen and oxygen atoms in total. The van der Waals surface area contributed by atoms with Crippen LogP contribution in [-0.2, 0) is 0 Å². The molecule has 0 aromatic carbocycles. The summed E-state index contributed by atoms with van der Waals surface area (Å²) in [6.45, 7) is 0. The number of hydrogen-bond acceptors (Lipinski definition) is 10. The van der Waals surface area contributed by atoms with Gasteiger partial charge in [0.1, 0.15) is 0 Å². The van der Waals surface area contributed by atoms with Crippen molar-refractivity contribution in [1.82, 2.24) is 54.3 Å². The van der Waals surface area contributed by atoms with Crippen LogP contribution in [0.3, 0.4) is 0 Å². The molecule has 0 aliphatic rings. The van der Waals surface area contributed by atoms with Crippen LogP contribution in [0.1, 0.15) is 0 Å². The van der Waals surface area contributed by atoms with Gasteiger partial charge in [-0.25, -0.2) is 10.0 Å². The first kappa shape index (κ1) is 13.6. The number of nitrogens with one attached hydrogen (secondary N) is 8. The first-order chi connectivity index (χ1) is 6.63. The molecular formula is C4H20N10. The molecule has 0 aliphatic carbocycles. The average molecular weight is 208 g/mol. The third kappa shape index (κ3) is 11.6. The van der Waals surface area contributed by atoms with Crippen LogP contribution in [0, 0.1) is 0 Å². The molecule has 0 aromatic heterocycles. The molecule has 0 bridgehead atoms. The predicted molar refractivity (Wildman–Crippen MR) is 52.5 cm³/mol. The zero-order chi connectivity index (χ0) is 10.8. The van der Waals surface area contributed by atoms with Crippen LogP contribution in [0.4, 0.5) is 0 Å². The summed E-state index contributed by atoms with van der Waals surface area (Å²) in [7, 11) is 7.40. The molecule has 0 fully saturated rings. The summed E-state index contributed by atoms with van der Waals surface area (Å²) in [6.07, 6.45) is 0. The van der Waals surface area contributed by atoms with Gasteiger partial charge in [-0.1, -0.05) is 0 Å². The van der Waals surface area contributed by atoms with Crippen LogP contribution < -0.4 is 44.3 Å². The lowest BCUT2D eigenvalue weighted by atomic mass is 11.2. The van der Waals surface area contributed by atoms with Crippen LogP contribution in [0.5, 0.6) is 0 Å². The van der Waals surface area contributed by atoms with Gasteiger partial charge in [0.05, 0.1) is 0 Å². The Bertz CT molecular complexity index is 101. The van der Waals surface area contributed by atoms with Gasteiger partial charge in [0.2, 0.25) is 0 Å². The quantitative estimate of drug-likeness (QED) is 0.141. The van der Waals surface area contributed by atoms with Crippen molar-refractivity contribution in [2.75, 3.05) is 28.2 Å². The Morgan fingerprint density at radius 3 is 1.07 bits per heavy atom. The van der Waals surface area contributed by atoms with E-state index in [2.05, 4.69) is 44.3 Å². The maximum Gasteiger partial charge on any atom is 0.00267 e. The molecule has 14 heavy (non-hydrogen) atoms. The van der Waals surface area contributed by atoms with E-state index in [1.165, 1.54) is 0 Å². The lowest BCUT2D eigenvalue weighted by molar-refractivity contribution is 0.151. The molecule has 0 spiro atoms. The molecule has 0 amide bonds. The second-order valence-corrected chi connectivity index (χ2v) is 2.76. The van der Waals surface area contributed by atoms with E-state index in [0.717, 1.165) is 0 Å². The van der Waals surface area contributed by atoms with E-state index in [4.69, 9.17) is 0 Å². The topological polar surface area (TPSA) is 103 Å². The normalized spacial score (nSPS) is 11.6. The first-order valence-electron chi connectivity index (χ1n) is 3.99. The minimum atomic E-state index is 1.73. The van der Waals surface area contributed by atoms with Crippen LogP contribution in [0.15, 0.2) is 0 Å². The number of rotatable bonds is 9. The van der Waals surface area contributed by atoms with Gasteiger partial charge in [0.15, 0.2) is 0 Å². The monoisotopic (exact) mass is 208 g/mol. The minimum Gasteiger partial charge on any atom is -0.236 e. The van der Waals surface area contributed by atoms with Gasteiger partial charge < -0.3 is 0 Å². The summed E-state index contributed by atoms with van der Waals surface area (Å²) in [6, 6.07) is 0. The highest BCUT2D eigenvalue weighted by Crippen LogP contribution is 1.51. The van der Waals surface area contributed by atoms with Gasteiger partial charge in [0.25, 0.3) is 0 Å². The lowest BCUT2D eigenvalue weighted by Gasteiger charge is -2.16. The second-order valence-electron chi connectivity index (χ2n) is 2.76. The molecule has 0 saturated carbocycles. The largest absolute Gasteiger partial charge is 0.236 e. The van der Waals surface area contributed by atoms with Crippen LogP contribution in [0.25, 0.3) is 0 Å². The highest BCUT2D eigenvalue weighted by molar-refractivity contribution is 4.20. The summed E-state index contributed by atoms with van der Waals surface area (Å²) in [5, 5.41) is 3.46. The van der Waals surface area contributed by atoms with Gasteiger partial charge in [0, 0.05) is 28.2 Å². The Morgan fingerprint density at radius 1 is 0.500 bits per heavy atom. The molecular weight excluding hydrogens is 188 g/mol. The highest BCUT2D eigenvalue weighted by atomic mass is 16.0. The zero-order valence-corrected chi connectivity index (χ0v) is 8.89. The fourth-order valence-corrected chi connectivity index (χ4v) is 0.405. The zero-order valence-electron chi connectivity index (χ0n) is 8.89. The van der Waals surface area contributed by atoms with Crippen molar-refractivity contribution in [2.24, 2.45) is 0 Å². The molecule has 0 heterocycles. The van der Waals surface area contributed by atoms with E-state index in [1.807, 2.05) is 28.2 Å². The average Bonchev–Trinajstić information content (AvgIpc) is 2.08. The Labute approximate surface area is 83.5 Å². The molecule has 0 atom stereocenters. The number of hydrazine groups is 9. The van der Waals surface area contributed by atoms with Gasteiger partial charge in [-0.3, -0.25) is 0 Å². The van der Waals surface area contributed by atoms with Crippen molar-refractivity contribution in [2.45, 2.75) is 0 Å². The Kier molecular flexibility index (Phi) is 8.90. The van der Waals surface area contributed by atoms with Gasteiger partial charge in [-0.2, -0.15) is 44.3 Å². The molecule has 0 rings (SSSR count). The van der Waals surface area contributed by atoms with Gasteiger partial charge in [-0.15, -0.1) is 0 Å². The van der Waals surface area contributed by atoms with E-state index >= 15 is 0 Å². The number of hydrogen-bond donors (Lipinski definition) is 8. The minimum absolute atomic E-state index is 1.73. The molecule has 86 valence electrons. The third-order valence-electron chi connectivity index (χ3n) is 0.872. The maximum absolute atomic E-state index is 2.75. The van der Waals surface area contributed by atoms with Crippen molar-refractivity contribution in [3.05, 3.63) is 0 Å². The lowest BCUT2D eigenvalue weighted by Crippen LogP contribution is -2.65. The second kappa shape index (κ2) is 9.17. The first-order valence-corrected chi connectivity index (χ1v) is 3.99. The Hall–Kier alpha value is -0.400. The van der Waals surface area contributed by atoms with E-state index in [-0.39, 0.29) is 0 Å².